The van der Waals surface area contributed by atoms with Crippen molar-refractivity contribution < 1.29 is 13.2 Å². The third kappa shape index (κ3) is 3.31. The maximum absolute atomic E-state index is 12.5. The quantitative estimate of drug-likeness (QED) is 0.800. The van der Waals surface area contributed by atoms with Crippen LogP contribution in [0.25, 0.3) is 0 Å². The highest BCUT2D eigenvalue weighted by Gasteiger charge is 2.41. The second-order valence-electron chi connectivity index (χ2n) is 6.33. The fourth-order valence-electron chi connectivity index (χ4n) is 2.47. The molecular weight excluding hydrogens is 354 g/mol. The number of carbonyl (C=O) groups is 1. The highest BCUT2D eigenvalue weighted by atomic mass is 79.9. The summed E-state index contributed by atoms with van der Waals surface area (Å²) < 4.78 is 25.0. The molecule has 0 aromatic heterocycles. The van der Waals surface area contributed by atoms with Crippen LogP contribution in [0.5, 0.6) is 0 Å². The number of likely N-dealkylation sites (tertiary alicyclic amines) is 1. The second kappa shape index (κ2) is 5.72. The molecule has 0 spiro atoms. The Morgan fingerprint density at radius 1 is 1.33 bits per heavy atom. The average Bonchev–Trinajstić information content (AvgIpc) is 2.86. The summed E-state index contributed by atoms with van der Waals surface area (Å²) in [4.78, 5) is 14.1. The lowest BCUT2D eigenvalue weighted by Crippen LogP contribution is -2.39. The van der Waals surface area contributed by atoms with Crippen LogP contribution in [0.1, 0.15) is 37.6 Å². The number of carbonyl (C=O) groups excluding carboxylic acids is 1. The Bertz CT molecular complexity index is 649. The molecule has 0 aliphatic carbocycles. The van der Waals surface area contributed by atoms with E-state index in [4.69, 9.17) is 0 Å². The van der Waals surface area contributed by atoms with E-state index in [1.807, 2.05) is 6.07 Å². The first-order valence-corrected chi connectivity index (χ1v) is 9.25. The summed E-state index contributed by atoms with van der Waals surface area (Å²) in [6.45, 7) is 5.90. The monoisotopic (exact) mass is 373 g/mol. The molecule has 1 atom stereocenters. The standard InChI is InChI=1S/C15H20BrNO3S/c1-15(2,3)21(19,20)13-7-8-17(10-13)14(18)11-5-4-6-12(16)9-11/h4-6,9,13H,7-8,10H2,1-3H3. The van der Waals surface area contributed by atoms with Crippen LogP contribution < -0.4 is 0 Å². The number of amides is 1. The van der Waals surface area contributed by atoms with Crippen LogP contribution in [0.3, 0.4) is 0 Å². The van der Waals surface area contributed by atoms with E-state index in [1.54, 1.807) is 43.9 Å². The number of hydrogen-bond acceptors (Lipinski definition) is 3. The molecule has 21 heavy (non-hydrogen) atoms. The van der Waals surface area contributed by atoms with Gasteiger partial charge in [-0.25, -0.2) is 8.42 Å². The smallest absolute Gasteiger partial charge is 0.253 e. The molecule has 6 heteroatoms. The van der Waals surface area contributed by atoms with Crippen LogP contribution in [-0.2, 0) is 9.84 Å². The van der Waals surface area contributed by atoms with E-state index in [2.05, 4.69) is 15.9 Å². The van der Waals surface area contributed by atoms with E-state index >= 15 is 0 Å². The molecule has 1 aromatic carbocycles. The molecule has 1 saturated heterocycles. The Kier molecular flexibility index (Phi) is 4.49. The number of hydrogen-bond donors (Lipinski definition) is 0. The molecule has 1 unspecified atom stereocenters. The van der Waals surface area contributed by atoms with Crippen molar-refractivity contribution in [3.63, 3.8) is 0 Å². The van der Waals surface area contributed by atoms with Crippen molar-refractivity contribution in [2.75, 3.05) is 13.1 Å². The van der Waals surface area contributed by atoms with Crippen molar-refractivity contribution in [3.8, 4) is 0 Å². The summed E-state index contributed by atoms with van der Waals surface area (Å²) in [5, 5.41) is -0.464. The summed E-state index contributed by atoms with van der Waals surface area (Å²) >= 11 is 3.34. The maximum Gasteiger partial charge on any atom is 0.253 e. The van der Waals surface area contributed by atoms with E-state index in [1.165, 1.54) is 0 Å². The highest BCUT2D eigenvalue weighted by molar-refractivity contribution is 9.10. The average molecular weight is 374 g/mol. The van der Waals surface area contributed by atoms with Gasteiger partial charge in [0.05, 0.1) is 10.00 Å². The van der Waals surface area contributed by atoms with Crippen LogP contribution in [0, 0.1) is 0 Å². The van der Waals surface area contributed by atoms with Gasteiger partial charge in [-0.2, -0.15) is 0 Å². The van der Waals surface area contributed by atoms with Gasteiger partial charge in [0, 0.05) is 23.1 Å². The first-order valence-electron chi connectivity index (χ1n) is 6.91. The van der Waals surface area contributed by atoms with Crippen LogP contribution >= 0.6 is 15.9 Å². The first-order chi connectivity index (χ1) is 9.63. The molecule has 116 valence electrons. The molecule has 1 amide bonds. The molecule has 1 heterocycles. The second-order valence-corrected chi connectivity index (χ2v) is 10.2. The van der Waals surface area contributed by atoms with Gasteiger partial charge < -0.3 is 4.90 Å². The lowest BCUT2D eigenvalue weighted by atomic mass is 10.2. The zero-order valence-electron chi connectivity index (χ0n) is 12.5. The normalized spacial score (nSPS) is 19.8. The number of rotatable bonds is 2. The molecular formula is C15H20BrNO3S. The minimum Gasteiger partial charge on any atom is -0.337 e. The molecule has 0 N–H and O–H groups in total. The van der Waals surface area contributed by atoms with Crippen LogP contribution in [0.15, 0.2) is 28.7 Å². The number of sulfone groups is 1. The lowest BCUT2D eigenvalue weighted by Gasteiger charge is -2.24. The van der Waals surface area contributed by atoms with Gasteiger partial charge in [-0.05, 0) is 45.4 Å². The van der Waals surface area contributed by atoms with Gasteiger partial charge in [-0.1, -0.05) is 22.0 Å². The topological polar surface area (TPSA) is 54.5 Å². The number of benzene rings is 1. The summed E-state index contributed by atoms with van der Waals surface area (Å²) in [6, 6.07) is 7.16. The minimum absolute atomic E-state index is 0.108. The largest absolute Gasteiger partial charge is 0.337 e. The van der Waals surface area contributed by atoms with Gasteiger partial charge in [0.15, 0.2) is 9.84 Å². The third-order valence-electron chi connectivity index (χ3n) is 3.80. The fraction of sp³-hybridized carbons (Fsp3) is 0.533. The van der Waals surface area contributed by atoms with Gasteiger partial charge in [-0.15, -0.1) is 0 Å². The highest BCUT2D eigenvalue weighted by Crippen LogP contribution is 2.28. The number of halogens is 1. The summed E-state index contributed by atoms with van der Waals surface area (Å²) in [5.41, 5.74) is 0.582. The number of nitrogens with zero attached hydrogens (tertiary/aromatic N) is 1. The molecule has 0 bridgehead atoms. The zero-order chi connectivity index (χ0) is 15.8. The van der Waals surface area contributed by atoms with Crippen molar-refractivity contribution in [3.05, 3.63) is 34.3 Å². The maximum atomic E-state index is 12.5. The molecule has 1 aromatic rings. The summed E-state index contributed by atoms with van der Waals surface area (Å²) in [6.07, 6.45) is 0.513. The molecule has 1 fully saturated rings. The predicted molar refractivity (Wildman–Crippen MR) is 87.1 cm³/mol. The third-order valence-corrected chi connectivity index (χ3v) is 7.26. The SMILES string of the molecule is CC(C)(C)S(=O)(=O)C1CCN(C(=O)c2cccc(Br)c2)C1. The Hall–Kier alpha value is -0.880. The van der Waals surface area contributed by atoms with Gasteiger partial charge in [0.2, 0.25) is 0 Å². The van der Waals surface area contributed by atoms with E-state index in [9.17, 15) is 13.2 Å². The van der Waals surface area contributed by atoms with Crippen LogP contribution in [-0.4, -0.2) is 42.3 Å². The molecule has 1 aliphatic rings. The Balaban J connectivity index is 2.15. The van der Waals surface area contributed by atoms with E-state index in [0.717, 1.165) is 4.47 Å². The summed E-state index contributed by atoms with van der Waals surface area (Å²) in [5.74, 6) is -0.108. The zero-order valence-corrected chi connectivity index (χ0v) is 14.9. The summed E-state index contributed by atoms with van der Waals surface area (Å²) in [7, 11) is -3.24. The molecule has 4 nitrogen and oxygen atoms in total. The van der Waals surface area contributed by atoms with Crippen LogP contribution in [0.2, 0.25) is 0 Å². The molecule has 2 rings (SSSR count). The molecule has 0 saturated carbocycles. The van der Waals surface area contributed by atoms with Gasteiger partial charge in [-0.3, -0.25) is 4.79 Å². The van der Waals surface area contributed by atoms with Crippen molar-refractivity contribution in [1.82, 2.24) is 4.90 Å². The van der Waals surface area contributed by atoms with Gasteiger partial charge in [0.25, 0.3) is 5.91 Å². The van der Waals surface area contributed by atoms with Crippen LogP contribution in [0.4, 0.5) is 0 Å². The Labute approximate surface area is 134 Å². The lowest BCUT2D eigenvalue weighted by molar-refractivity contribution is 0.0793. The molecule has 0 radical (unpaired) electrons. The van der Waals surface area contributed by atoms with Crippen molar-refractivity contribution in [2.24, 2.45) is 0 Å². The predicted octanol–water partition coefficient (Wildman–Crippen LogP) is 2.88. The van der Waals surface area contributed by atoms with Crippen molar-refractivity contribution in [1.29, 1.82) is 0 Å². The fourth-order valence-corrected chi connectivity index (χ4v) is 4.66. The van der Waals surface area contributed by atoms with Gasteiger partial charge in [0.1, 0.15) is 0 Å². The van der Waals surface area contributed by atoms with Crippen molar-refractivity contribution in [2.45, 2.75) is 37.2 Å². The van der Waals surface area contributed by atoms with Crippen molar-refractivity contribution >= 4 is 31.7 Å². The first kappa shape index (κ1) is 16.5. The van der Waals surface area contributed by atoms with E-state index in [-0.39, 0.29) is 12.5 Å². The van der Waals surface area contributed by atoms with E-state index in [0.29, 0.717) is 18.5 Å². The minimum atomic E-state index is -3.24. The Morgan fingerprint density at radius 2 is 2.00 bits per heavy atom. The van der Waals surface area contributed by atoms with Gasteiger partial charge >= 0.3 is 0 Å². The molecule has 1 aliphatic heterocycles. The Morgan fingerprint density at radius 3 is 2.57 bits per heavy atom. The van der Waals surface area contributed by atoms with E-state index < -0.39 is 19.8 Å².